The first-order valence-corrected chi connectivity index (χ1v) is 10.4. The zero-order chi connectivity index (χ0) is 21.8. The molecule has 0 bridgehead atoms. The second-order valence-electron chi connectivity index (χ2n) is 6.64. The molecule has 4 rings (SSSR count). The van der Waals surface area contributed by atoms with Gasteiger partial charge in [0.1, 0.15) is 5.75 Å². The van der Waals surface area contributed by atoms with E-state index in [1.807, 2.05) is 24.3 Å². The number of benzene rings is 2. The number of fused-ring (bicyclic) bond motifs is 2. The molecule has 2 heterocycles. The van der Waals surface area contributed by atoms with Gasteiger partial charge < -0.3 is 10.1 Å². The summed E-state index contributed by atoms with van der Waals surface area (Å²) in [5, 5.41) is 2.87. The van der Waals surface area contributed by atoms with Crippen LogP contribution in [-0.2, 0) is 0 Å². The molecular weight excluding hydrogens is 410 g/mol. The lowest BCUT2D eigenvalue weighted by Gasteiger charge is -2.19. The highest BCUT2D eigenvalue weighted by atomic mass is 32.2. The molecule has 31 heavy (non-hydrogen) atoms. The van der Waals surface area contributed by atoms with Crippen LogP contribution in [0, 0.1) is 11.8 Å². The third-order valence-electron chi connectivity index (χ3n) is 4.70. The first-order valence-electron chi connectivity index (χ1n) is 9.54. The molecule has 0 fully saturated rings. The summed E-state index contributed by atoms with van der Waals surface area (Å²) >= 11 is 1.45. The average molecular weight is 430 g/mol. The number of hydrogen-bond donors (Lipinski definition) is 1. The van der Waals surface area contributed by atoms with Gasteiger partial charge in [0, 0.05) is 10.5 Å². The molecule has 0 atom stereocenters. The van der Waals surface area contributed by atoms with Crippen molar-refractivity contribution in [2.24, 2.45) is 0 Å². The fourth-order valence-electron chi connectivity index (χ4n) is 3.13. The molecule has 1 aromatic heterocycles. The summed E-state index contributed by atoms with van der Waals surface area (Å²) in [4.78, 5) is 33.4. The maximum atomic E-state index is 13.1. The van der Waals surface area contributed by atoms with Crippen LogP contribution in [0.4, 0.5) is 11.5 Å². The van der Waals surface area contributed by atoms with E-state index in [9.17, 15) is 9.59 Å². The van der Waals surface area contributed by atoms with Crippen LogP contribution < -0.4 is 15.0 Å². The van der Waals surface area contributed by atoms with Gasteiger partial charge in [-0.2, -0.15) is 0 Å². The Balaban J connectivity index is 1.67. The molecule has 0 radical (unpaired) electrons. The van der Waals surface area contributed by atoms with E-state index in [4.69, 9.17) is 4.74 Å². The molecule has 0 saturated carbocycles. The minimum Gasteiger partial charge on any atom is -0.497 e. The van der Waals surface area contributed by atoms with Crippen LogP contribution in [0.15, 0.2) is 70.6 Å². The molecular formula is C24H19N3O3S. The normalized spacial score (nSPS) is 12.1. The average Bonchev–Trinajstić information content (AvgIpc) is 2.91. The first-order chi connectivity index (χ1) is 15.1. The molecule has 0 aliphatic carbocycles. The van der Waals surface area contributed by atoms with Crippen LogP contribution in [0.25, 0.3) is 0 Å². The number of ether oxygens (including phenoxy) is 1. The number of hydrogen-bond acceptors (Lipinski definition) is 5. The Bertz CT molecular complexity index is 1210. The molecule has 1 aliphatic rings. The molecule has 6 nitrogen and oxygen atoms in total. The number of aromatic nitrogens is 1. The SMILES string of the molecule is CC#CCN1C(=O)c2ccccc2Sc2cc(NC(=O)c3ccc(OC)cc3)cnc21. The molecule has 0 unspecified atom stereocenters. The Hall–Kier alpha value is -3.76. The predicted octanol–water partition coefficient (Wildman–Crippen LogP) is 4.48. The van der Waals surface area contributed by atoms with Gasteiger partial charge in [0.25, 0.3) is 11.8 Å². The highest BCUT2D eigenvalue weighted by Crippen LogP contribution is 2.41. The summed E-state index contributed by atoms with van der Waals surface area (Å²) < 4.78 is 5.13. The maximum Gasteiger partial charge on any atom is 0.261 e. The van der Waals surface area contributed by atoms with Crippen molar-refractivity contribution >= 4 is 35.1 Å². The fourth-order valence-corrected chi connectivity index (χ4v) is 4.22. The van der Waals surface area contributed by atoms with Crippen molar-refractivity contribution in [1.82, 2.24) is 4.98 Å². The standard InChI is InChI=1S/C24H19N3O3S/c1-3-4-13-27-22-21(31-20-8-6-5-7-19(20)24(27)29)14-17(15-25-22)26-23(28)16-9-11-18(30-2)12-10-16/h5-12,14-15H,13H2,1-2H3,(H,26,28). The van der Waals surface area contributed by atoms with E-state index in [-0.39, 0.29) is 18.4 Å². The molecule has 7 heteroatoms. The third-order valence-corrected chi connectivity index (χ3v) is 5.79. The summed E-state index contributed by atoms with van der Waals surface area (Å²) in [5.41, 5.74) is 1.65. The highest BCUT2D eigenvalue weighted by Gasteiger charge is 2.28. The molecule has 3 aromatic rings. The second-order valence-corrected chi connectivity index (χ2v) is 7.73. The van der Waals surface area contributed by atoms with Crippen molar-refractivity contribution < 1.29 is 14.3 Å². The lowest BCUT2D eigenvalue weighted by Crippen LogP contribution is -2.32. The van der Waals surface area contributed by atoms with E-state index in [1.165, 1.54) is 11.8 Å². The number of nitrogens with one attached hydrogen (secondary N) is 1. The van der Waals surface area contributed by atoms with Crippen molar-refractivity contribution in [3.05, 3.63) is 71.9 Å². The van der Waals surface area contributed by atoms with Gasteiger partial charge in [0.15, 0.2) is 5.82 Å². The van der Waals surface area contributed by atoms with Gasteiger partial charge in [0.05, 0.1) is 36.0 Å². The van der Waals surface area contributed by atoms with Crippen LogP contribution in [0.2, 0.25) is 0 Å². The van der Waals surface area contributed by atoms with Gasteiger partial charge in [-0.3, -0.25) is 14.5 Å². The van der Waals surface area contributed by atoms with Crippen molar-refractivity contribution in [2.45, 2.75) is 16.7 Å². The molecule has 154 valence electrons. The van der Waals surface area contributed by atoms with Crippen LogP contribution >= 0.6 is 11.8 Å². The largest absolute Gasteiger partial charge is 0.497 e. The minimum atomic E-state index is -0.256. The lowest BCUT2D eigenvalue weighted by molar-refractivity contribution is 0.0984. The molecule has 2 amide bonds. The lowest BCUT2D eigenvalue weighted by atomic mass is 10.2. The van der Waals surface area contributed by atoms with Crippen LogP contribution in [0.1, 0.15) is 27.6 Å². The summed E-state index contributed by atoms with van der Waals surface area (Å²) in [6.07, 6.45) is 1.55. The summed E-state index contributed by atoms with van der Waals surface area (Å²) in [6.45, 7) is 1.97. The molecule has 2 aromatic carbocycles. The van der Waals surface area contributed by atoms with Gasteiger partial charge in [-0.1, -0.05) is 29.8 Å². The van der Waals surface area contributed by atoms with Crippen molar-refractivity contribution in [3.63, 3.8) is 0 Å². The van der Waals surface area contributed by atoms with Crippen LogP contribution in [0.3, 0.4) is 0 Å². The van der Waals surface area contributed by atoms with Crippen molar-refractivity contribution in [1.29, 1.82) is 0 Å². The number of rotatable bonds is 4. The zero-order valence-electron chi connectivity index (χ0n) is 17.0. The third kappa shape index (κ3) is 4.25. The highest BCUT2D eigenvalue weighted by molar-refractivity contribution is 7.99. The Morgan fingerprint density at radius 1 is 1.16 bits per heavy atom. The Labute approximate surface area is 184 Å². The van der Waals surface area contributed by atoms with Gasteiger partial charge >= 0.3 is 0 Å². The smallest absolute Gasteiger partial charge is 0.261 e. The Morgan fingerprint density at radius 3 is 2.68 bits per heavy atom. The number of amides is 2. The van der Waals surface area contributed by atoms with Gasteiger partial charge in [-0.05, 0) is 49.4 Å². The quantitative estimate of drug-likeness (QED) is 0.620. The monoisotopic (exact) mass is 429 g/mol. The molecule has 1 N–H and O–H groups in total. The second kappa shape index (κ2) is 8.94. The van der Waals surface area contributed by atoms with Crippen molar-refractivity contribution in [2.75, 3.05) is 23.9 Å². The number of carbonyl (C=O) groups excluding carboxylic acids is 2. The summed E-state index contributed by atoms with van der Waals surface area (Å²) in [5.74, 6) is 6.58. The van der Waals surface area contributed by atoms with Crippen molar-refractivity contribution in [3.8, 4) is 17.6 Å². The zero-order valence-corrected chi connectivity index (χ0v) is 17.8. The Morgan fingerprint density at radius 2 is 1.94 bits per heavy atom. The van der Waals surface area contributed by atoms with Crippen LogP contribution in [0.5, 0.6) is 5.75 Å². The Kier molecular flexibility index (Phi) is 5.92. The summed E-state index contributed by atoms with van der Waals surface area (Å²) in [6, 6.07) is 16.1. The molecule has 0 spiro atoms. The minimum absolute atomic E-state index is 0.146. The van der Waals surface area contributed by atoms with Gasteiger partial charge in [-0.15, -0.1) is 5.92 Å². The number of anilines is 2. The number of carbonyl (C=O) groups is 2. The number of nitrogens with zero attached hydrogens (tertiary/aromatic N) is 2. The number of pyridine rings is 1. The topological polar surface area (TPSA) is 71.5 Å². The van der Waals surface area contributed by atoms with E-state index in [0.717, 1.165) is 9.79 Å². The van der Waals surface area contributed by atoms with E-state index in [0.29, 0.717) is 28.4 Å². The maximum absolute atomic E-state index is 13.1. The van der Waals surface area contributed by atoms with Gasteiger partial charge in [0.2, 0.25) is 0 Å². The molecule has 0 saturated heterocycles. The van der Waals surface area contributed by atoms with Gasteiger partial charge in [-0.25, -0.2) is 4.98 Å². The van der Waals surface area contributed by atoms with E-state index < -0.39 is 0 Å². The molecule has 1 aliphatic heterocycles. The first kappa shape index (κ1) is 20.5. The predicted molar refractivity (Wildman–Crippen MR) is 121 cm³/mol. The van der Waals surface area contributed by atoms with Crippen LogP contribution in [-0.4, -0.2) is 30.5 Å². The van der Waals surface area contributed by atoms with E-state index in [1.54, 1.807) is 55.5 Å². The summed E-state index contributed by atoms with van der Waals surface area (Å²) in [7, 11) is 1.58. The fraction of sp³-hybridized carbons (Fsp3) is 0.125. The van der Waals surface area contributed by atoms with E-state index >= 15 is 0 Å². The van der Waals surface area contributed by atoms with E-state index in [2.05, 4.69) is 22.1 Å². The number of methoxy groups -OCH3 is 1.